The van der Waals surface area contributed by atoms with E-state index in [4.69, 9.17) is 0 Å². The van der Waals surface area contributed by atoms with Gasteiger partial charge in [-0.15, -0.1) is 0 Å². The molecule has 0 radical (unpaired) electrons. The molecule has 1 aromatic carbocycles. The molecule has 0 aliphatic carbocycles. The summed E-state index contributed by atoms with van der Waals surface area (Å²) in [6, 6.07) is 2.34. The predicted molar refractivity (Wildman–Crippen MR) is 80.9 cm³/mol. The first kappa shape index (κ1) is 17.3. The van der Waals surface area contributed by atoms with Crippen molar-refractivity contribution in [3.05, 3.63) is 40.9 Å². The minimum Gasteiger partial charge on any atom is -0.432 e. The second kappa shape index (κ2) is 7.49. The zero-order chi connectivity index (χ0) is 17.0. The summed E-state index contributed by atoms with van der Waals surface area (Å²) < 4.78 is 44.3. The average molecular weight is 392 g/mol. The number of amides is 1. The van der Waals surface area contributed by atoms with Gasteiger partial charge in [0, 0.05) is 12.3 Å². The summed E-state index contributed by atoms with van der Waals surface area (Å²) in [5.41, 5.74) is -0.0404. The van der Waals surface area contributed by atoms with Gasteiger partial charge < -0.3 is 10.1 Å². The largest absolute Gasteiger partial charge is 0.432 e. The second-order valence-electron chi connectivity index (χ2n) is 4.57. The number of nitrogens with zero attached hydrogens (tertiary/aromatic N) is 2. The van der Waals surface area contributed by atoms with Gasteiger partial charge in [-0.25, -0.2) is 4.39 Å². The van der Waals surface area contributed by atoms with Crippen LogP contribution in [0.4, 0.5) is 18.9 Å². The van der Waals surface area contributed by atoms with Crippen LogP contribution in [-0.4, -0.2) is 22.3 Å². The maximum Gasteiger partial charge on any atom is 0.387 e. The van der Waals surface area contributed by atoms with Crippen LogP contribution in [-0.2, 0) is 4.79 Å². The summed E-state index contributed by atoms with van der Waals surface area (Å²) in [7, 11) is 0. The zero-order valence-corrected chi connectivity index (χ0v) is 13.6. The van der Waals surface area contributed by atoms with Crippen molar-refractivity contribution in [2.24, 2.45) is 0 Å². The molecule has 1 N–H and O–H groups in total. The van der Waals surface area contributed by atoms with Crippen LogP contribution >= 0.6 is 15.9 Å². The summed E-state index contributed by atoms with van der Waals surface area (Å²) in [6.45, 7) is -1.35. The Hall–Kier alpha value is -2.03. The van der Waals surface area contributed by atoms with Gasteiger partial charge in [-0.05, 0) is 34.5 Å². The summed E-state index contributed by atoms with van der Waals surface area (Å²) >= 11 is 3.23. The van der Waals surface area contributed by atoms with Crippen LogP contribution in [0.1, 0.15) is 19.4 Å². The summed E-state index contributed by atoms with van der Waals surface area (Å²) in [6.07, 6.45) is 3.57. The maximum absolute atomic E-state index is 13.2. The number of carbonyl (C=O) groups is 1. The molecule has 1 amide bonds. The number of ether oxygens (including phenoxy) is 1. The molecule has 5 nitrogen and oxygen atoms in total. The van der Waals surface area contributed by atoms with E-state index in [1.54, 1.807) is 13.1 Å². The molecule has 2 aromatic rings. The molecule has 124 valence electrons. The van der Waals surface area contributed by atoms with Gasteiger partial charge in [-0.1, -0.05) is 6.92 Å². The Labute approximate surface area is 138 Å². The van der Waals surface area contributed by atoms with E-state index in [-0.39, 0.29) is 5.69 Å². The third-order valence-electron chi connectivity index (χ3n) is 3.00. The van der Waals surface area contributed by atoms with Crippen LogP contribution in [0.15, 0.2) is 35.1 Å². The third kappa shape index (κ3) is 4.47. The number of rotatable bonds is 6. The van der Waals surface area contributed by atoms with Crippen LogP contribution in [0.3, 0.4) is 0 Å². The minimum absolute atomic E-state index is 0.0404. The highest BCUT2D eigenvalue weighted by Gasteiger charge is 2.21. The lowest BCUT2D eigenvalue weighted by atomic mass is 10.2. The number of carbonyl (C=O) groups excluding carboxylic acids is 1. The Kier molecular flexibility index (Phi) is 5.64. The number of nitrogens with one attached hydrogen (secondary N) is 1. The Morgan fingerprint density at radius 1 is 1.48 bits per heavy atom. The van der Waals surface area contributed by atoms with Gasteiger partial charge in [0.1, 0.15) is 11.9 Å². The van der Waals surface area contributed by atoms with Crippen LogP contribution < -0.4 is 10.1 Å². The van der Waals surface area contributed by atoms with E-state index < -0.39 is 30.1 Å². The lowest BCUT2D eigenvalue weighted by molar-refractivity contribution is -0.119. The topological polar surface area (TPSA) is 56.1 Å². The zero-order valence-electron chi connectivity index (χ0n) is 12.0. The molecule has 1 aromatic heterocycles. The number of benzene rings is 1. The monoisotopic (exact) mass is 391 g/mol. The van der Waals surface area contributed by atoms with Crippen molar-refractivity contribution < 1.29 is 22.7 Å². The van der Waals surface area contributed by atoms with Gasteiger partial charge >= 0.3 is 6.61 Å². The van der Waals surface area contributed by atoms with E-state index in [0.717, 1.165) is 18.2 Å². The van der Waals surface area contributed by atoms with E-state index >= 15 is 0 Å². The lowest BCUT2D eigenvalue weighted by Crippen LogP contribution is -2.26. The van der Waals surface area contributed by atoms with Gasteiger partial charge in [0.15, 0.2) is 5.75 Å². The minimum atomic E-state index is -3.13. The predicted octanol–water partition coefficient (Wildman–Crippen LogP) is 3.98. The van der Waals surface area contributed by atoms with Crippen molar-refractivity contribution in [3.8, 4) is 5.75 Å². The Balaban J connectivity index is 2.21. The Morgan fingerprint density at radius 2 is 2.22 bits per heavy atom. The Morgan fingerprint density at radius 3 is 2.78 bits per heavy atom. The standard InChI is InChI=1S/C14H13BrF3N3O2/c1-2-11(21-7-8(15)6-19-21)13(22)20-10-4-3-9(16)5-12(10)23-14(17)18/h3-7,11,14H,2H2,1H3,(H,20,22). The van der Waals surface area contributed by atoms with Crippen LogP contribution in [0.5, 0.6) is 5.75 Å². The summed E-state index contributed by atoms with van der Waals surface area (Å²) in [4.78, 5) is 12.4. The first-order valence-electron chi connectivity index (χ1n) is 6.65. The van der Waals surface area contributed by atoms with Gasteiger partial charge in [0.2, 0.25) is 5.91 Å². The van der Waals surface area contributed by atoms with Gasteiger partial charge in [0.05, 0.1) is 16.4 Å². The normalized spacial score (nSPS) is 12.3. The summed E-state index contributed by atoms with van der Waals surface area (Å²) in [5.74, 6) is -1.67. The molecule has 9 heteroatoms. The molecule has 1 atom stereocenters. The second-order valence-corrected chi connectivity index (χ2v) is 5.49. The molecular formula is C14H13BrF3N3O2. The molecule has 0 saturated carbocycles. The third-order valence-corrected chi connectivity index (χ3v) is 3.41. The van der Waals surface area contributed by atoms with Crippen LogP contribution in [0.25, 0.3) is 0 Å². The highest BCUT2D eigenvalue weighted by atomic mass is 79.9. The number of anilines is 1. The van der Waals surface area contributed by atoms with Crippen LogP contribution in [0.2, 0.25) is 0 Å². The summed E-state index contributed by atoms with van der Waals surface area (Å²) in [5, 5.41) is 6.49. The SMILES string of the molecule is CCC(C(=O)Nc1ccc(F)cc1OC(F)F)n1cc(Br)cn1. The highest BCUT2D eigenvalue weighted by Crippen LogP contribution is 2.28. The van der Waals surface area contributed by atoms with Crippen molar-refractivity contribution in [2.75, 3.05) is 5.32 Å². The molecule has 0 saturated heterocycles. The van der Waals surface area contributed by atoms with Gasteiger partial charge in [-0.3, -0.25) is 9.48 Å². The van der Waals surface area contributed by atoms with Crippen molar-refractivity contribution in [3.63, 3.8) is 0 Å². The van der Waals surface area contributed by atoms with Crippen molar-refractivity contribution >= 4 is 27.5 Å². The van der Waals surface area contributed by atoms with Crippen molar-refractivity contribution in [1.82, 2.24) is 9.78 Å². The lowest BCUT2D eigenvalue weighted by Gasteiger charge is -2.17. The van der Waals surface area contributed by atoms with E-state index in [0.29, 0.717) is 10.9 Å². The fourth-order valence-electron chi connectivity index (χ4n) is 1.99. The average Bonchev–Trinajstić information content (AvgIpc) is 2.88. The van der Waals surface area contributed by atoms with Gasteiger partial charge in [0.25, 0.3) is 0 Å². The molecule has 1 heterocycles. The highest BCUT2D eigenvalue weighted by molar-refractivity contribution is 9.10. The fourth-order valence-corrected chi connectivity index (χ4v) is 2.29. The number of alkyl halides is 2. The number of hydrogen-bond donors (Lipinski definition) is 1. The van der Waals surface area contributed by atoms with E-state index in [2.05, 4.69) is 31.1 Å². The first-order valence-corrected chi connectivity index (χ1v) is 7.45. The van der Waals surface area contributed by atoms with Crippen molar-refractivity contribution in [1.29, 1.82) is 0 Å². The van der Waals surface area contributed by atoms with Crippen molar-refractivity contribution in [2.45, 2.75) is 26.0 Å². The number of hydrogen-bond acceptors (Lipinski definition) is 3. The molecule has 1 unspecified atom stereocenters. The van der Waals surface area contributed by atoms with Gasteiger partial charge in [-0.2, -0.15) is 13.9 Å². The molecule has 0 bridgehead atoms. The quantitative estimate of drug-likeness (QED) is 0.810. The maximum atomic E-state index is 13.2. The fraction of sp³-hybridized carbons (Fsp3) is 0.286. The van der Waals surface area contributed by atoms with E-state index in [1.807, 2.05) is 0 Å². The number of aromatic nitrogens is 2. The molecule has 2 rings (SSSR count). The van der Waals surface area contributed by atoms with E-state index in [9.17, 15) is 18.0 Å². The Bertz CT molecular complexity index is 694. The molecule has 0 fully saturated rings. The van der Waals surface area contributed by atoms with Crippen LogP contribution in [0, 0.1) is 5.82 Å². The molecule has 23 heavy (non-hydrogen) atoms. The molecular weight excluding hydrogens is 379 g/mol. The molecule has 0 aliphatic rings. The molecule has 0 spiro atoms. The first-order chi connectivity index (χ1) is 10.9. The van der Waals surface area contributed by atoms with E-state index in [1.165, 1.54) is 10.9 Å². The smallest absolute Gasteiger partial charge is 0.387 e. The number of halogens is 4. The molecule has 0 aliphatic heterocycles.